The molecule has 7 heteroatoms. The standard InChI is InChI=1S/C26H29ClN2O4/c1-17-7-8-18(2)21(15-17)24(30)22-23(19-5-3-6-20(27)16-19)29(26(32)25(22)31)10-4-9-28-11-13-33-14-12-28/h3,5-8,15-16,23,30H,4,9-14H2,1-2H3. The molecule has 0 aromatic heterocycles. The molecule has 2 heterocycles. The Balaban J connectivity index is 1.71. The number of morpholine rings is 1. The van der Waals surface area contributed by atoms with E-state index in [4.69, 9.17) is 16.3 Å². The number of ketones is 1. The Kier molecular flexibility index (Phi) is 7.17. The van der Waals surface area contributed by atoms with Gasteiger partial charge in [-0.15, -0.1) is 0 Å². The fourth-order valence-electron chi connectivity index (χ4n) is 4.56. The van der Waals surface area contributed by atoms with Gasteiger partial charge in [0.1, 0.15) is 5.76 Å². The summed E-state index contributed by atoms with van der Waals surface area (Å²) in [6, 6.07) is 12.1. The van der Waals surface area contributed by atoms with Gasteiger partial charge in [0.15, 0.2) is 0 Å². The lowest BCUT2D eigenvalue weighted by Crippen LogP contribution is -2.38. The predicted octanol–water partition coefficient (Wildman–Crippen LogP) is 4.10. The third kappa shape index (κ3) is 4.98. The summed E-state index contributed by atoms with van der Waals surface area (Å²) in [7, 11) is 0. The molecule has 1 N–H and O–H groups in total. The molecule has 0 spiro atoms. The number of carbonyl (C=O) groups excluding carboxylic acids is 2. The van der Waals surface area contributed by atoms with E-state index in [9.17, 15) is 14.7 Å². The molecule has 174 valence electrons. The summed E-state index contributed by atoms with van der Waals surface area (Å²) in [6.45, 7) is 8.17. The maximum absolute atomic E-state index is 13.2. The second-order valence-electron chi connectivity index (χ2n) is 8.67. The molecule has 6 nitrogen and oxygen atoms in total. The van der Waals surface area contributed by atoms with Crippen LogP contribution in [0.5, 0.6) is 0 Å². The average Bonchev–Trinajstić information content (AvgIpc) is 3.06. The Morgan fingerprint density at radius 3 is 2.58 bits per heavy atom. The van der Waals surface area contributed by atoms with Crippen molar-refractivity contribution >= 4 is 29.1 Å². The zero-order chi connectivity index (χ0) is 23.5. The van der Waals surface area contributed by atoms with Crippen molar-refractivity contribution in [1.29, 1.82) is 0 Å². The maximum atomic E-state index is 13.2. The number of rotatable bonds is 6. The number of Topliss-reactive ketones (excluding diaryl/α,β-unsaturated/α-hetero) is 1. The zero-order valence-corrected chi connectivity index (χ0v) is 19.8. The molecule has 2 fully saturated rings. The van der Waals surface area contributed by atoms with Crippen molar-refractivity contribution in [1.82, 2.24) is 9.80 Å². The zero-order valence-electron chi connectivity index (χ0n) is 19.0. The number of nitrogens with zero attached hydrogens (tertiary/aromatic N) is 2. The minimum absolute atomic E-state index is 0.113. The summed E-state index contributed by atoms with van der Waals surface area (Å²) >= 11 is 6.25. The van der Waals surface area contributed by atoms with Gasteiger partial charge in [0.05, 0.1) is 24.8 Å². The quantitative estimate of drug-likeness (QED) is 0.392. The minimum Gasteiger partial charge on any atom is -0.507 e. The van der Waals surface area contributed by atoms with E-state index in [1.807, 2.05) is 38.1 Å². The van der Waals surface area contributed by atoms with E-state index in [2.05, 4.69) is 4.90 Å². The van der Waals surface area contributed by atoms with Gasteiger partial charge >= 0.3 is 0 Å². The molecule has 0 bridgehead atoms. The monoisotopic (exact) mass is 468 g/mol. The number of benzene rings is 2. The highest BCUT2D eigenvalue weighted by Gasteiger charge is 2.46. The van der Waals surface area contributed by atoms with Crippen molar-refractivity contribution in [2.24, 2.45) is 0 Å². The van der Waals surface area contributed by atoms with Gasteiger partial charge in [-0.3, -0.25) is 14.5 Å². The molecular formula is C26H29ClN2O4. The number of halogens is 1. The Bertz CT molecular complexity index is 1090. The van der Waals surface area contributed by atoms with E-state index in [0.29, 0.717) is 42.3 Å². The molecule has 2 aliphatic rings. The number of ether oxygens (including phenoxy) is 1. The van der Waals surface area contributed by atoms with Crippen molar-refractivity contribution in [3.63, 3.8) is 0 Å². The molecule has 33 heavy (non-hydrogen) atoms. The lowest BCUT2D eigenvalue weighted by Gasteiger charge is -2.29. The smallest absolute Gasteiger partial charge is 0.295 e. The SMILES string of the molecule is Cc1ccc(C)c(C(O)=C2C(=O)C(=O)N(CCCN3CCOCC3)C2c2cccc(Cl)c2)c1. The molecule has 4 rings (SSSR count). The second kappa shape index (κ2) is 10.1. The van der Waals surface area contributed by atoms with Gasteiger partial charge < -0.3 is 14.7 Å². The number of aliphatic hydroxyl groups is 1. The van der Waals surface area contributed by atoms with Gasteiger partial charge in [-0.25, -0.2) is 0 Å². The van der Waals surface area contributed by atoms with E-state index in [1.54, 1.807) is 23.1 Å². The van der Waals surface area contributed by atoms with Gasteiger partial charge in [-0.1, -0.05) is 41.4 Å². The molecule has 0 radical (unpaired) electrons. The average molecular weight is 469 g/mol. The van der Waals surface area contributed by atoms with E-state index in [-0.39, 0.29) is 11.3 Å². The first kappa shape index (κ1) is 23.5. The Morgan fingerprint density at radius 1 is 1.09 bits per heavy atom. The van der Waals surface area contributed by atoms with E-state index in [1.165, 1.54) is 0 Å². The topological polar surface area (TPSA) is 70.1 Å². The second-order valence-corrected chi connectivity index (χ2v) is 9.11. The van der Waals surface area contributed by atoms with Crippen LogP contribution in [0.15, 0.2) is 48.0 Å². The molecule has 1 unspecified atom stereocenters. The van der Waals surface area contributed by atoms with Crippen LogP contribution < -0.4 is 0 Å². The lowest BCUT2D eigenvalue weighted by molar-refractivity contribution is -0.140. The van der Waals surface area contributed by atoms with Crippen LogP contribution in [-0.2, 0) is 14.3 Å². The van der Waals surface area contributed by atoms with Crippen LogP contribution in [0.1, 0.15) is 34.7 Å². The van der Waals surface area contributed by atoms with Crippen molar-refractivity contribution in [2.75, 3.05) is 39.4 Å². The first-order valence-corrected chi connectivity index (χ1v) is 11.7. The Labute approximate surface area is 199 Å². The van der Waals surface area contributed by atoms with E-state index >= 15 is 0 Å². The number of hydrogen-bond acceptors (Lipinski definition) is 5. The van der Waals surface area contributed by atoms with Crippen molar-refractivity contribution in [2.45, 2.75) is 26.3 Å². The Morgan fingerprint density at radius 2 is 1.85 bits per heavy atom. The predicted molar refractivity (Wildman–Crippen MR) is 128 cm³/mol. The van der Waals surface area contributed by atoms with Gasteiger partial charge in [-0.2, -0.15) is 0 Å². The summed E-state index contributed by atoms with van der Waals surface area (Å²) in [6.07, 6.45) is 0.716. The third-order valence-corrected chi connectivity index (χ3v) is 6.56. The Hall–Kier alpha value is -2.67. The maximum Gasteiger partial charge on any atom is 0.295 e. The molecule has 2 aromatic carbocycles. The normalized spacial score (nSPS) is 21.1. The number of aryl methyl sites for hydroxylation is 2. The van der Waals surface area contributed by atoms with Crippen LogP contribution >= 0.6 is 11.6 Å². The van der Waals surface area contributed by atoms with Gasteiger partial charge in [0.2, 0.25) is 0 Å². The van der Waals surface area contributed by atoms with E-state index in [0.717, 1.165) is 30.8 Å². The molecule has 0 aliphatic carbocycles. The highest BCUT2D eigenvalue weighted by Crippen LogP contribution is 2.40. The van der Waals surface area contributed by atoms with E-state index < -0.39 is 17.7 Å². The fourth-order valence-corrected chi connectivity index (χ4v) is 4.76. The van der Waals surface area contributed by atoms with Crippen LogP contribution in [-0.4, -0.2) is 66.0 Å². The van der Waals surface area contributed by atoms with Crippen LogP contribution in [0.3, 0.4) is 0 Å². The molecule has 2 aromatic rings. The number of amides is 1. The molecule has 0 saturated carbocycles. The lowest BCUT2D eigenvalue weighted by atomic mass is 9.93. The summed E-state index contributed by atoms with van der Waals surface area (Å²) < 4.78 is 5.40. The molecular weight excluding hydrogens is 440 g/mol. The summed E-state index contributed by atoms with van der Waals surface area (Å²) in [5, 5.41) is 11.8. The summed E-state index contributed by atoms with van der Waals surface area (Å²) in [4.78, 5) is 30.2. The van der Waals surface area contributed by atoms with Crippen molar-refractivity contribution in [3.8, 4) is 0 Å². The van der Waals surface area contributed by atoms with Gasteiger partial charge in [0, 0.05) is 36.8 Å². The van der Waals surface area contributed by atoms with Crippen LogP contribution in [0.2, 0.25) is 5.02 Å². The highest BCUT2D eigenvalue weighted by atomic mass is 35.5. The number of aliphatic hydroxyl groups excluding tert-OH is 1. The molecule has 2 aliphatic heterocycles. The van der Waals surface area contributed by atoms with Crippen LogP contribution in [0, 0.1) is 13.8 Å². The van der Waals surface area contributed by atoms with Gasteiger partial charge in [0.25, 0.3) is 11.7 Å². The van der Waals surface area contributed by atoms with Crippen molar-refractivity contribution in [3.05, 3.63) is 75.3 Å². The van der Waals surface area contributed by atoms with Crippen LogP contribution in [0.25, 0.3) is 5.76 Å². The molecule has 1 atom stereocenters. The summed E-state index contributed by atoms with van der Waals surface area (Å²) in [5.74, 6) is -1.39. The first-order chi connectivity index (χ1) is 15.9. The summed E-state index contributed by atoms with van der Waals surface area (Å²) in [5.41, 5.74) is 3.18. The third-order valence-electron chi connectivity index (χ3n) is 6.33. The van der Waals surface area contributed by atoms with Gasteiger partial charge in [-0.05, 0) is 49.6 Å². The molecule has 2 saturated heterocycles. The van der Waals surface area contributed by atoms with Crippen molar-refractivity contribution < 1.29 is 19.4 Å². The highest BCUT2D eigenvalue weighted by molar-refractivity contribution is 6.46. The first-order valence-electron chi connectivity index (χ1n) is 11.3. The minimum atomic E-state index is -0.687. The number of likely N-dealkylation sites (tertiary alicyclic amines) is 1. The van der Waals surface area contributed by atoms with Crippen LogP contribution in [0.4, 0.5) is 0 Å². The number of hydrogen-bond donors (Lipinski definition) is 1. The number of carbonyl (C=O) groups is 2. The molecule has 1 amide bonds. The largest absolute Gasteiger partial charge is 0.507 e. The fraction of sp³-hybridized carbons (Fsp3) is 0.385.